The van der Waals surface area contributed by atoms with Crippen molar-refractivity contribution in [1.82, 2.24) is 0 Å². The van der Waals surface area contributed by atoms with Gasteiger partial charge < -0.3 is 0 Å². The molecule has 0 aromatic heterocycles. The van der Waals surface area contributed by atoms with Crippen molar-refractivity contribution in [2.24, 2.45) is 43.3 Å². The molecule has 9 heteroatoms. The van der Waals surface area contributed by atoms with E-state index in [2.05, 4.69) is 0 Å². The number of hydrogen-bond donors (Lipinski definition) is 0. The zero-order valence-electron chi connectivity index (χ0n) is 37.4. The molecule has 0 bridgehead atoms. The number of carbonyl (C=O) groups is 8. The molecule has 0 fully saturated rings. The van der Waals surface area contributed by atoms with Crippen LogP contribution in [0.25, 0.3) is 0 Å². The van der Waals surface area contributed by atoms with Gasteiger partial charge in [-0.3, -0.25) is 0 Å². The summed E-state index contributed by atoms with van der Waals surface area (Å²) in [6.07, 6.45) is -1.09. The van der Waals surface area contributed by atoms with Gasteiger partial charge in [0.1, 0.15) is 0 Å². The Kier molecular flexibility index (Phi) is 16.5. The van der Waals surface area contributed by atoms with Gasteiger partial charge in [0.05, 0.1) is 0 Å². The van der Waals surface area contributed by atoms with Gasteiger partial charge in [-0.2, -0.15) is 0 Å². The molecule has 304 valence electrons. The molecule has 0 aliphatic rings. The molecule has 0 aromatic rings. The van der Waals surface area contributed by atoms with Crippen molar-refractivity contribution in [3.8, 4) is 0 Å². The summed E-state index contributed by atoms with van der Waals surface area (Å²) in [7, 11) is 0. The number of ketones is 8. The zero-order chi connectivity index (χ0) is 42.8. The van der Waals surface area contributed by atoms with E-state index in [1.165, 1.54) is 0 Å². The first-order valence-corrected chi connectivity index (χ1v) is 27.4. The molecule has 0 saturated heterocycles. The third-order valence-electron chi connectivity index (χ3n) is 10.9. The third kappa shape index (κ3) is 15.7. The standard InChI is InChI=1S/4C11H19O2.Sn/c4*1-10(2,3)8(12)7-9(13)11(4,5)6;/h4*1,7H2,2-6H3;. The van der Waals surface area contributed by atoms with Gasteiger partial charge in [0.2, 0.25) is 0 Å². The SMILES string of the molecule is CC(C)(C)C(=O)CC(=O)C(C)(C)[CH2][Sn]([CH2]C(C)(C)C(=O)CC(=O)C(C)(C)C)([CH2]C(C)(C)C(=O)CC(=O)C(C)(C)C)[CH2]C(C)(C)C(=O)CC(=O)C(C)(C)C. The summed E-state index contributed by atoms with van der Waals surface area (Å²) >= 11 is -4.44. The van der Waals surface area contributed by atoms with Crippen molar-refractivity contribution in [2.45, 2.75) is 182 Å². The predicted octanol–water partition coefficient (Wildman–Crippen LogP) is 9.84. The van der Waals surface area contributed by atoms with E-state index in [0.717, 1.165) is 0 Å². The van der Waals surface area contributed by atoms with Crippen molar-refractivity contribution in [2.75, 3.05) is 0 Å². The van der Waals surface area contributed by atoms with Gasteiger partial charge in [-0.25, -0.2) is 0 Å². The molecule has 0 aromatic carbocycles. The Labute approximate surface area is 326 Å². The van der Waals surface area contributed by atoms with E-state index in [9.17, 15) is 38.4 Å². The fourth-order valence-corrected chi connectivity index (χ4v) is 32.9. The van der Waals surface area contributed by atoms with Crippen molar-refractivity contribution in [3.63, 3.8) is 0 Å². The van der Waals surface area contributed by atoms with E-state index < -0.39 is 61.7 Å². The predicted molar refractivity (Wildman–Crippen MR) is 216 cm³/mol. The van der Waals surface area contributed by atoms with E-state index in [0.29, 0.717) is 17.7 Å². The molecule has 0 atom stereocenters. The van der Waals surface area contributed by atoms with Gasteiger partial charge in [0.25, 0.3) is 0 Å². The number of rotatable bonds is 20. The number of hydrogen-bond acceptors (Lipinski definition) is 8. The first kappa shape index (κ1) is 51.2. The summed E-state index contributed by atoms with van der Waals surface area (Å²) in [5, 5.41) is 0. The molecule has 0 amide bonds. The molecular weight excluding hydrogens is 775 g/mol. The quantitative estimate of drug-likeness (QED) is 0.0873. The van der Waals surface area contributed by atoms with Crippen LogP contribution in [0.3, 0.4) is 0 Å². The van der Waals surface area contributed by atoms with Crippen LogP contribution in [0, 0.1) is 43.3 Å². The first-order chi connectivity index (χ1) is 23.0. The Morgan fingerprint density at radius 2 is 0.396 bits per heavy atom. The topological polar surface area (TPSA) is 137 Å². The maximum absolute atomic E-state index is 14.1. The van der Waals surface area contributed by atoms with Crippen LogP contribution < -0.4 is 0 Å². The fraction of sp³-hybridized carbons (Fsp3) is 0.818. The summed E-state index contributed by atoms with van der Waals surface area (Å²) in [5.74, 6) is -1.76. The molecule has 0 saturated carbocycles. The second kappa shape index (κ2) is 17.1. The molecule has 53 heavy (non-hydrogen) atoms. The second-order valence-corrected chi connectivity index (χ2v) is 35.4. The Balaban J connectivity index is 7.80. The minimum atomic E-state index is -4.44. The molecule has 0 spiro atoms. The molecule has 0 aliphatic carbocycles. The first-order valence-electron chi connectivity index (χ1n) is 19.3. The molecule has 8 nitrogen and oxygen atoms in total. The monoisotopic (exact) mass is 852 g/mol. The Morgan fingerprint density at radius 1 is 0.264 bits per heavy atom. The van der Waals surface area contributed by atoms with Crippen molar-refractivity contribution < 1.29 is 38.4 Å². The minimum absolute atomic E-state index is 0.194. The maximum atomic E-state index is 14.1. The van der Waals surface area contributed by atoms with Gasteiger partial charge in [0.15, 0.2) is 0 Å². The Morgan fingerprint density at radius 3 is 0.509 bits per heavy atom. The molecular formula is C44H76O8Sn. The Bertz CT molecular complexity index is 1220. The summed E-state index contributed by atoms with van der Waals surface area (Å²) in [5.41, 5.74) is -7.17. The van der Waals surface area contributed by atoms with E-state index in [-0.39, 0.29) is 71.9 Å². The van der Waals surface area contributed by atoms with Crippen molar-refractivity contribution in [1.29, 1.82) is 0 Å². The van der Waals surface area contributed by atoms with Crippen molar-refractivity contribution in [3.05, 3.63) is 0 Å². The molecule has 0 radical (unpaired) electrons. The van der Waals surface area contributed by atoms with Crippen LogP contribution in [0.15, 0.2) is 0 Å². The summed E-state index contributed by atoms with van der Waals surface area (Å²) in [4.78, 5) is 109. The van der Waals surface area contributed by atoms with Crippen LogP contribution in [0.5, 0.6) is 0 Å². The Hall–Kier alpha value is -1.84. The summed E-state index contributed by atoms with van der Waals surface area (Å²) in [6.45, 7) is 35.7. The van der Waals surface area contributed by atoms with Crippen LogP contribution >= 0.6 is 0 Å². The van der Waals surface area contributed by atoms with Crippen LogP contribution in [0.2, 0.25) is 17.7 Å². The van der Waals surface area contributed by atoms with Crippen LogP contribution in [-0.2, 0) is 38.4 Å². The summed E-state index contributed by atoms with van der Waals surface area (Å²) in [6, 6.07) is 0. The van der Waals surface area contributed by atoms with E-state index in [1.54, 1.807) is 83.1 Å². The average molecular weight is 852 g/mol. The van der Waals surface area contributed by atoms with E-state index in [4.69, 9.17) is 0 Å². The third-order valence-corrected chi connectivity index (χ3v) is 29.6. The molecule has 0 rings (SSSR count). The van der Waals surface area contributed by atoms with Crippen LogP contribution in [0.1, 0.15) is 164 Å². The van der Waals surface area contributed by atoms with Gasteiger partial charge in [-0.1, -0.05) is 0 Å². The second-order valence-electron chi connectivity index (χ2n) is 22.8. The normalized spacial score (nSPS) is 14.1. The molecule has 0 N–H and O–H groups in total. The van der Waals surface area contributed by atoms with Gasteiger partial charge in [0, 0.05) is 0 Å². The van der Waals surface area contributed by atoms with Gasteiger partial charge >= 0.3 is 328 Å². The zero-order valence-corrected chi connectivity index (χ0v) is 40.3. The molecule has 0 heterocycles. The molecule has 0 aliphatic heterocycles. The fourth-order valence-electron chi connectivity index (χ4n) is 7.12. The van der Waals surface area contributed by atoms with Gasteiger partial charge in [-0.05, 0) is 0 Å². The van der Waals surface area contributed by atoms with Crippen LogP contribution in [0.4, 0.5) is 0 Å². The van der Waals surface area contributed by atoms with Gasteiger partial charge in [-0.15, -0.1) is 0 Å². The molecule has 0 unspecified atom stereocenters. The van der Waals surface area contributed by atoms with Crippen LogP contribution in [-0.4, -0.2) is 64.6 Å². The number of Topliss-reactive ketones (excluding diaryl/α,β-unsaturated/α-hetero) is 8. The average Bonchev–Trinajstić information content (AvgIpc) is 2.89. The van der Waals surface area contributed by atoms with E-state index >= 15 is 0 Å². The van der Waals surface area contributed by atoms with Crippen molar-refractivity contribution >= 4 is 64.6 Å². The number of carbonyl (C=O) groups excluding carboxylic acids is 8. The van der Waals surface area contributed by atoms with E-state index in [1.807, 2.05) is 55.4 Å². The summed E-state index contributed by atoms with van der Waals surface area (Å²) < 4.78 is 1.26.